The standard InChI is InChI=1S/C21H27N3O2S/c1-16-10-18(13-20(11-16)24(2)27-3)14-22-8-5-9-23-21(26)19-7-4-6-17(12-19)15-25/h4,6-7,10-13,15,22H,5,8-9,14H2,1-3H3,(H,23,26). The van der Waals surface area contributed by atoms with Crippen LogP contribution in [0.4, 0.5) is 5.69 Å². The molecule has 2 aromatic carbocycles. The van der Waals surface area contributed by atoms with Crippen LogP contribution in [0.1, 0.15) is 38.3 Å². The zero-order valence-electron chi connectivity index (χ0n) is 16.1. The molecule has 0 spiro atoms. The Bertz CT molecular complexity index is 780. The molecule has 27 heavy (non-hydrogen) atoms. The summed E-state index contributed by atoms with van der Waals surface area (Å²) in [6, 6.07) is 13.3. The largest absolute Gasteiger partial charge is 0.352 e. The first-order valence-electron chi connectivity index (χ1n) is 8.96. The molecular weight excluding hydrogens is 358 g/mol. The van der Waals surface area contributed by atoms with Crippen LogP contribution in [-0.2, 0) is 6.54 Å². The second kappa shape index (κ2) is 10.7. The van der Waals surface area contributed by atoms with Gasteiger partial charge >= 0.3 is 0 Å². The molecule has 1 amide bonds. The van der Waals surface area contributed by atoms with Crippen molar-refractivity contribution in [3.8, 4) is 0 Å². The van der Waals surface area contributed by atoms with Gasteiger partial charge in [-0.05, 0) is 55.3 Å². The number of hydrogen-bond acceptors (Lipinski definition) is 5. The molecule has 0 unspecified atom stereocenters. The van der Waals surface area contributed by atoms with Crippen LogP contribution in [-0.4, -0.2) is 38.6 Å². The summed E-state index contributed by atoms with van der Waals surface area (Å²) in [5.41, 5.74) is 4.71. The SMILES string of the molecule is CSN(C)c1cc(C)cc(CNCCCNC(=O)c2cccc(C=O)c2)c1. The van der Waals surface area contributed by atoms with Gasteiger partial charge in [-0.15, -0.1) is 0 Å². The number of hydrogen-bond donors (Lipinski definition) is 2. The summed E-state index contributed by atoms with van der Waals surface area (Å²) in [4.78, 5) is 22.9. The monoisotopic (exact) mass is 385 g/mol. The maximum absolute atomic E-state index is 12.1. The summed E-state index contributed by atoms with van der Waals surface area (Å²) >= 11 is 1.69. The Morgan fingerprint density at radius 1 is 1.19 bits per heavy atom. The first kappa shape index (κ1) is 21.0. The van der Waals surface area contributed by atoms with E-state index in [4.69, 9.17) is 0 Å². The second-order valence-electron chi connectivity index (χ2n) is 6.39. The van der Waals surface area contributed by atoms with E-state index in [9.17, 15) is 9.59 Å². The lowest BCUT2D eigenvalue weighted by atomic mass is 10.1. The molecule has 0 saturated carbocycles. The number of nitrogens with one attached hydrogen (secondary N) is 2. The average molecular weight is 386 g/mol. The highest BCUT2D eigenvalue weighted by atomic mass is 32.2. The second-order valence-corrected chi connectivity index (χ2v) is 7.30. The van der Waals surface area contributed by atoms with E-state index in [0.29, 0.717) is 17.7 Å². The van der Waals surface area contributed by atoms with Crippen LogP contribution >= 0.6 is 11.9 Å². The van der Waals surface area contributed by atoms with Crippen molar-refractivity contribution in [1.82, 2.24) is 10.6 Å². The van der Waals surface area contributed by atoms with Gasteiger partial charge < -0.3 is 14.9 Å². The molecule has 2 aromatic rings. The average Bonchev–Trinajstić information content (AvgIpc) is 2.69. The van der Waals surface area contributed by atoms with Crippen LogP contribution in [0.5, 0.6) is 0 Å². The third-order valence-corrected chi connectivity index (χ3v) is 4.95. The molecule has 2 rings (SSSR count). The van der Waals surface area contributed by atoms with Gasteiger partial charge in [0.15, 0.2) is 0 Å². The molecule has 2 N–H and O–H groups in total. The third-order valence-electron chi connectivity index (χ3n) is 4.19. The lowest BCUT2D eigenvalue weighted by molar-refractivity contribution is 0.0953. The van der Waals surface area contributed by atoms with Gasteiger partial charge in [-0.2, -0.15) is 0 Å². The van der Waals surface area contributed by atoms with Crippen LogP contribution in [0.2, 0.25) is 0 Å². The molecular formula is C21H27N3O2S. The van der Waals surface area contributed by atoms with Gasteiger partial charge in [0, 0.05) is 43.2 Å². The van der Waals surface area contributed by atoms with Gasteiger partial charge in [-0.1, -0.05) is 30.1 Å². The minimum atomic E-state index is -0.151. The Morgan fingerprint density at radius 3 is 2.74 bits per heavy atom. The smallest absolute Gasteiger partial charge is 0.251 e. The number of rotatable bonds is 10. The van der Waals surface area contributed by atoms with Crippen molar-refractivity contribution >= 4 is 29.8 Å². The molecule has 0 atom stereocenters. The lowest BCUT2D eigenvalue weighted by Gasteiger charge is -2.17. The Kier molecular flexibility index (Phi) is 8.36. The number of carbonyl (C=O) groups is 2. The van der Waals surface area contributed by atoms with Gasteiger partial charge in [-0.3, -0.25) is 9.59 Å². The highest BCUT2D eigenvalue weighted by Gasteiger charge is 2.06. The Labute approximate surface area is 165 Å². The summed E-state index contributed by atoms with van der Waals surface area (Å²) in [5, 5.41) is 6.31. The van der Waals surface area contributed by atoms with Crippen LogP contribution < -0.4 is 14.9 Å². The number of benzene rings is 2. The van der Waals surface area contributed by atoms with Gasteiger partial charge in [0.25, 0.3) is 5.91 Å². The van der Waals surface area contributed by atoms with Gasteiger partial charge in [0.1, 0.15) is 6.29 Å². The predicted octanol–water partition coefficient (Wildman–Crippen LogP) is 3.43. The first-order valence-corrected chi connectivity index (χ1v) is 10.1. The van der Waals surface area contributed by atoms with E-state index in [1.807, 2.05) is 0 Å². The normalized spacial score (nSPS) is 10.5. The maximum atomic E-state index is 12.1. The van der Waals surface area contributed by atoms with E-state index in [1.165, 1.54) is 16.8 Å². The fraction of sp³-hybridized carbons (Fsp3) is 0.333. The van der Waals surface area contributed by atoms with E-state index in [0.717, 1.165) is 25.8 Å². The van der Waals surface area contributed by atoms with Crippen molar-refractivity contribution in [2.45, 2.75) is 19.9 Å². The van der Waals surface area contributed by atoms with E-state index >= 15 is 0 Å². The van der Waals surface area contributed by atoms with Crippen LogP contribution in [0.3, 0.4) is 0 Å². The fourth-order valence-electron chi connectivity index (χ4n) is 2.73. The summed E-state index contributed by atoms with van der Waals surface area (Å²) in [5.74, 6) is -0.151. The van der Waals surface area contributed by atoms with Crippen molar-refractivity contribution in [2.75, 3.05) is 30.7 Å². The quantitative estimate of drug-likeness (QED) is 0.373. The number of aldehydes is 1. The predicted molar refractivity (Wildman–Crippen MR) is 114 cm³/mol. The summed E-state index contributed by atoms with van der Waals surface area (Å²) in [6.07, 6.45) is 3.64. The molecule has 6 heteroatoms. The Hall–Kier alpha value is -2.31. The fourth-order valence-corrected chi connectivity index (χ4v) is 3.05. The van der Waals surface area contributed by atoms with Crippen molar-refractivity contribution in [3.05, 3.63) is 64.7 Å². The maximum Gasteiger partial charge on any atom is 0.251 e. The van der Waals surface area contributed by atoms with Crippen LogP contribution in [0.15, 0.2) is 42.5 Å². The zero-order valence-corrected chi connectivity index (χ0v) is 16.9. The molecule has 144 valence electrons. The summed E-state index contributed by atoms with van der Waals surface area (Å²) in [6.45, 7) is 4.31. The third kappa shape index (κ3) is 6.73. The number of nitrogens with zero attached hydrogens (tertiary/aromatic N) is 1. The molecule has 0 radical (unpaired) electrons. The number of anilines is 1. The molecule has 0 aromatic heterocycles. The van der Waals surface area contributed by atoms with Crippen molar-refractivity contribution in [3.63, 3.8) is 0 Å². The topological polar surface area (TPSA) is 61.4 Å². The Balaban J connectivity index is 1.72. The highest BCUT2D eigenvalue weighted by molar-refractivity contribution is 7.99. The minimum Gasteiger partial charge on any atom is -0.352 e. The highest BCUT2D eigenvalue weighted by Crippen LogP contribution is 2.22. The van der Waals surface area contributed by atoms with Crippen molar-refractivity contribution in [1.29, 1.82) is 0 Å². The summed E-state index contributed by atoms with van der Waals surface area (Å²) < 4.78 is 2.14. The molecule has 0 fully saturated rings. The van der Waals surface area contributed by atoms with Crippen molar-refractivity contribution < 1.29 is 9.59 Å². The van der Waals surface area contributed by atoms with Crippen LogP contribution in [0, 0.1) is 6.92 Å². The molecule has 0 bridgehead atoms. The Morgan fingerprint density at radius 2 is 2.00 bits per heavy atom. The molecule has 0 aliphatic carbocycles. The number of carbonyl (C=O) groups excluding carboxylic acids is 2. The van der Waals surface area contributed by atoms with E-state index in [2.05, 4.69) is 53.4 Å². The first-order chi connectivity index (χ1) is 13.0. The van der Waals surface area contributed by atoms with E-state index in [1.54, 1.807) is 36.2 Å². The van der Waals surface area contributed by atoms with Gasteiger partial charge in [0.05, 0.1) is 0 Å². The van der Waals surface area contributed by atoms with E-state index in [-0.39, 0.29) is 5.91 Å². The molecule has 0 heterocycles. The zero-order chi connectivity index (χ0) is 19.6. The summed E-state index contributed by atoms with van der Waals surface area (Å²) in [7, 11) is 2.06. The molecule has 5 nitrogen and oxygen atoms in total. The lowest BCUT2D eigenvalue weighted by Crippen LogP contribution is -2.27. The van der Waals surface area contributed by atoms with Crippen molar-refractivity contribution in [2.24, 2.45) is 0 Å². The minimum absolute atomic E-state index is 0.151. The molecule has 0 aliphatic rings. The van der Waals surface area contributed by atoms with E-state index < -0.39 is 0 Å². The van der Waals surface area contributed by atoms with Gasteiger partial charge in [-0.25, -0.2) is 0 Å². The molecule has 0 saturated heterocycles. The number of aryl methyl sites for hydroxylation is 1. The van der Waals surface area contributed by atoms with Gasteiger partial charge in [0.2, 0.25) is 0 Å². The number of amides is 1. The molecule has 0 aliphatic heterocycles. The van der Waals surface area contributed by atoms with Crippen LogP contribution in [0.25, 0.3) is 0 Å².